The minimum atomic E-state index is -5.08. The molecule has 3 rings (SSSR count). The van der Waals surface area contributed by atoms with Crippen LogP contribution in [0.3, 0.4) is 0 Å². The molecule has 15 heteroatoms. The Balaban J connectivity index is 1.90. The third-order valence-electron chi connectivity index (χ3n) is 7.06. The highest BCUT2D eigenvalue weighted by molar-refractivity contribution is 5.79. The van der Waals surface area contributed by atoms with E-state index in [0.717, 1.165) is 17.0 Å². The SMILES string of the molecule is Cc1cc(F)ccc1[C@H]1C[C@H](NC(=O)C(C)C(F)(F)F)CCN1C(=O)N(C)Cc1cc(C(F)(F)F)cc(C(F)(F)F)c1. The summed E-state index contributed by atoms with van der Waals surface area (Å²) in [6.07, 6.45) is -15.0. The highest BCUT2D eigenvalue weighted by Crippen LogP contribution is 2.38. The number of nitrogens with zero attached hydrogens (tertiary/aromatic N) is 2. The molecule has 0 saturated carbocycles. The number of carbonyl (C=O) groups is 2. The number of amides is 3. The van der Waals surface area contributed by atoms with Gasteiger partial charge in [-0.05, 0) is 73.7 Å². The Morgan fingerprint density at radius 2 is 1.55 bits per heavy atom. The van der Waals surface area contributed by atoms with Crippen molar-refractivity contribution >= 4 is 11.9 Å². The highest BCUT2D eigenvalue weighted by Gasteiger charge is 2.43. The highest BCUT2D eigenvalue weighted by atomic mass is 19.4. The molecule has 0 aliphatic carbocycles. The summed E-state index contributed by atoms with van der Waals surface area (Å²) in [6, 6.07) is 2.08. The molecule has 1 heterocycles. The van der Waals surface area contributed by atoms with E-state index in [1.165, 1.54) is 24.9 Å². The molecule has 1 N–H and O–H groups in total. The van der Waals surface area contributed by atoms with Crippen molar-refractivity contribution in [1.82, 2.24) is 15.1 Å². The predicted molar refractivity (Wildman–Crippen MR) is 130 cm³/mol. The minimum absolute atomic E-state index is 0.00835. The number of likely N-dealkylation sites (tertiary alicyclic amines) is 1. The van der Waals surface area contributed by atoms with E-state index in [-0.39, 0.29) is 25.5 Å². The molecule has 3 atom stereocenters. The van der Waals surface area contributed by atoms with Gasteiger partial charge in [0.2, 0.25) is 5.91 Å². The molecule has 1 fully saturated rings. The maximum absolute atomic E-state index is 13.8. The summed E-state index contributed by atoms with van der Waals surface area (Å²) in [7, 11) is 1.17. The number of piperidine rings is 1. The lowest BCUT2D eigenvalue weighted by atomic mass is 9.89. The number of hydrogen-bond acceptors (Lipinski definition) is 2. The average molecular weight is 616 g/mol. The zero-order valence-electron chi connectivity index (χ0n) is 22.5. The van der Waals surface area contributed by atoms with Crippen LogP contribution in [0.4, 0.5) is 48.7 Å². The van der Waals surface area contributed by atoms with E-state index in [2.05, 4.69) is 5.32 Å². The number of rotatable bonds is 5. The zero-order chi connectivity index (χ0) is 31.8. The van der Waals surface area contributed by atoms with Gasteiger partial charge in [0.05, 0.1) is 17.2 Å². The van der Waals surface area contributed by atoms with Crippen LogP contribution in [0, 0.1) is 18.7 Å². The quantitative estimate of drug-likeness (QED) is 0.361. The summed E-state index contributed by atoms with van der Waals surface area (Å²) >= 11 is 0. The molecule has 42 heavy (non-hydrogen) atoms. The van der Waals surface area contributed by atoms with Crippen molar-refractivity contribution in [2.24, 2.45) is 5.92 Å². The largest absolute Gasteiger partial charge is 0.416 e. The van der Waals surface area contributed by atoms with Gasteiger partial charge in [0.1, 0.15) is 11.7 Å². The molecule has 1 aliphatic rings. The summed E-state index contributed by atoms with van der Waals surface area (Å²) in [4.78, 5) is 27.9. The maximum Gasteiger partial charge on any atom is 0.416 e. The van der Waals surface area contributed by atoms with E-state index in [1.807, 2.05) is 0 Å². The van der Waals surface area contributed by atoms with E-state index >= 15 is 0 Å². The number of urea groups is 1. The Hall–Kier alpha value is -3.52. The monoisotopic (exact) mass is 615 g/mol. The normalized spacial score (nSPS) is 18.9. The molecule has 0 radical (unpaired) electrons. The number of benzene rings is 2. The Morgan fingerprint density at radius 3 is 2.05 bits per heavy atom. The first-order valence-corrected chi connectivity index (χ1v) is 12.6. The van der Waals surface area contributed by atoms with Crippen LogP contribution in [-0.4, -0.2) is 47.5 Å². The maximum atomic E-state index is 13.8. The van der Waals surface area contributed by atoms with E-state index in [4.69, 9.17) is 0 Å². The Kier molecular flexibility index (Phi) is 9.42. The van der Waals surface area contributed by atoms with Crippen LogP contribution in [0.1, 0.15) is 53.6 Å². The summed E-state index contributed by atoms with van der Waals surface area (Å²) in [5.41, 5.74) is -2.75. The Bertz CT molecular complexity index is 1270. The molecule has 0 spiro atoms. The standard InChI is InChI=1S/C27H27F10N3O2/c1-14-8-19(28)4-5-21(14)22-12-20(38-23(41)15(2)25(29,30)31)6-7-40(22)24(42)39(3)13-16-9-17(26(32,33)34)11-18(10-16)27(35,36)37/h4-5,8-11,15,20,22H,6-7,12-13H2,1-3H3,(H,38,41)/t15?,20-,22-/m1/s1. The zero-order valence-corrected chi connectivity index (χ0v) is 22.5. The van der Waals surface area contributed by atoms with E-state index in [0.29, 0.717) is 30.2 Å². The summed E-state index contributed by atoms with van der Waals surface area (Å²) in [5.74, 6) is -4.18. The van der Waals surface area contributed by atoms with Crippen molar-refractivity contribution in [2.75, 3.05) is 13.6 Å². The van der Waals surface area contributed by atoms with Gasteiger partial charge >= 0.3 is 24.6 Å². The van der Waals surface area contributed by atoms with Crippen molar-refractivity contribution in [3.8, 4) is 0 Å². The van der Waals surface area contributed by atoms with E-state index in [1.54, 1.807) is 0 Å². The first-order valence-electron chi connectivity index (χ1n) is 12.6. The molecule has 1 saturated heterocycles. The van der Waals surface area contributed by atoms with Crippen molar-refractivity contribution in [3.63, 3.8) is 0 Å². The first-order chi connectivity index (χ1) is 19.2. The van der Waals surface area contributed by atoms with Gasteiger partial charge in [-0.1, -0.05) is 6.07 Å². The molecule has 5 nitrogen and oxygen atoms in total. The smallest absolute Gasteiger partial charge is 0.353 e. The molecule has 232 valence electrons. The van der Waals surface area contributed by atoms with Crippen molar-refractivity contribution < 1.29 is 53.5 Å². The number of aryl methyl sites for hydroxylation is 1. The third kappa shape index (κ3) is 7.85. The predicted octanol–water partition coefficient (Wildman–Crippen LogP) is 7.24. The van der Waals surface area contributed by atoms with Gasteiger partial charge in [0, 0.05) is 26.2 Å². The number of nitrogens with one attached hydrogen (secondary N) is 1. The lowest BCUT2D eigenvalue weighted by Gasteiger charge is -2.42. The molecule has 2 aromatic carbocycles. The molecular weight excluding hydrogens is 588 g/mol. The Labute approximate surface area is 234 Å². The molecule has 0 bridgehead atoms. The Morgan fingerprint density at radius 1 is 0.976 bits per heavy atom. The van der Waals surface area contributed by atoms with Gasteiger partial charge < -0.3 is 15.1 Å². The van der Waals surface area contributed by atoms with Crippen LogP contribution in [0.25, 0.3) is 0 Å². The van der Waals surface area contributed by atoms with Crippen LogP contribution >= 0.6 is 0 Å². The summed E-state index contributed by atoms with van der Waals surface area (Å²) < 4.78 is 133. The second kappa shape index (κ2) is 12.0. The summed E-state index contributed by atoms with van der Waals surface area (Å²) in [6.45, 7) is 1.45. The fourth-order valence-corrected chi connectivity index (χ4v) is 4.78. The lowest BCUT2D eigenvalue weighted by Crippen LogP contribution is -2.52. The number of carbonyl (C=O) groups excluding carboxylic acids is 2. The van der Waals surface area contributed by atoms with Crippen molar-refractivity contribution in [2.45, 2.75) is 63.8 Å². The molecule has 0 aromatic heterocycles. The second-order valence-electron chi connectivity index (χ2n) is 10.3. The van der Waals surface area contributed by atoms with Crippen LogP contribution in [0.15, 0.2) is 36.4 Å². The average Bonchev–Trinajstić information content (AvgIpc) is 2.86. The van der Waals surface area contributed by atoms with Crippen molar-refractivity contribution in [3.05, 3.63) is 70.0 Å². The van der Waals surface area contributed by atoms with Gasteiger partial charge in [-0.2, -0.15) is 39.5 Å². The fraction of sp³-hybridized carbons (Fsp3) is 0.481. The minimum Gasteiger partial charge on any atom is -0.353 e. The van der Waals surface area contributed by atoms with Gasteiger partial charge in [0.15, 0.2) is 0 Å². The lowest BCUT2D eigenvalue weighted by molar-refractivity contribution is -0.179. The van der Waals surface area contributed by atoms with Crippen LogP contribution in [0.2, 0.25) is 0 Å². The van der Waals surface area contributed by atoms with Gasteiger partial charge in [-0.3, -0.25) is 4.79 Å². The third-order valence-corrected chi connectivity index (χ3v) is 7.06. The topological polar surface area (TPSA) is 52.7 Å². The van der Waals surface area contributed by atoms with Crippen molar-refractivity contribution in [1.29, 1.82) is 0 Å². The summed E-state index contributed by atoms with van der Waals surface area (Å²) in [5, 5.41) is 2.33. The van der Waals surface area contributed by atoms with Crippen LogP contribution < -0.4 is 5.32 Å². The number of halogens is 10. The number of alkyl halides is 9. The fourth-order valence-electron chi connectivity index (χ4n) is 4.78. The van der Waals surface area contributed by atoms with Gasteiger partial charge in [0.25, 0.3) is 0 Å². The van der Waals surface area contributed by atoms with E-state index in [9.17, 15) is 53.5 Å². The molecular formula is C27H27F10N3O2. The second-order valence-corrected chi connectivity index (χ2v) is 10.3. The van der Waals surface area contributed by atoms with E-state index < -0.39 is 77.5 Å². The molecule has 1 aliphatic heterocycles. The first kappa shape index (κ1) is 33.0. The van der Waals surface area contributed by atoms with Crippen LogP contribution in [0.5, 0.6) is 0 Å². The molecule has 3 amide bonds. The molecule has 1 unspecified atom stereocenters. The number of hydrogen-bond donors (Lipinski definition) is 1. The van der Waals surface area contributed by atoms with Gasteiger partial charge in [-0.15, -0.1) is 0 Å². The van der Waals surface area contributed by atoms with Crippen LogP contribution in [-0.2, 0) is 23.7 Å². The molecule has 2 aromatic rings. The van der Waals surface area contributed by atoms with Gasteiger partial charge in [-0.25, -0.2) is 9.18 Å².